The number of nitrogens with zero attached hydrogens (tertiary/aromatic N) is 2. The molecule has 10 heteroatoms. The van der Waals surface area contributed by atoms with E-state index in [1.165, 1.54) is 17.0 Å². The van der Waals surface area contributed by atoms with Crippen LogP contribution in [0.25, 0.3) is 0 Å². The zero-order chi connectivity index (χ0) is 19.5. The predicted molar refractivity (Wildman–Crippen MR) is 98.2 cm³/mol. The molecule has 1 aliphatic rings. The van der Waals surface area contributed by atoms with Crippen molar-refractivity contribution in [2.45, 2.75) is 38.8 Å². The SMILES string of the molecule is CC[C@H](C)N(C(=O)COC(=O)c1nc(Cl)ccc1Cl)[C@@H]1CCS(=O)(=O)C1. The standard InChI is InChI=1S/C16H20Cl2N2O5S/c1-3-10(2)20(11-6-7-26(23,24)9-11)14(21)8-25-16(22)15-12(17)4-5-13(18)19-15/h4-5,10-11H,3,6-9H2,1-2H3/t10-,11+/m0/s1. The van der Waals surface area contributed by atoms with Crippen molar-refractivity contribution in [1.29, 1.82) is 0 Å². The third-order valence-electron chi connectivity index (χ3n) is 4.29. The van der Waals surface area contributed by atoms with Crippen molar-refractivity contribution in [3.63, 3.8) is 0 Å². The molecule has 0 bridgehead atoms. The Morgan fingerprint density at radius 2 is 2.08 bits per heavy atom. The van der Waals surface area contributed by atoms with E-state index in [4.69, 9.17) is 27.9 Å². The molecular weight excluding hydrogens is 403 g/mol. The summed E-state index contributed by atoms with van der Waals surface area (Å²) in [6.45, 7) is 3.21. The summed E-state index contributed by atoms with van der Waals surface area (Å²) in [6, 6.07) is 2.25. The second-order valence-electron chi connectivity index (χ2n) is 6.16. The van der Waals surface area contributed by atoms with Crippen LogP contribution < -0.4 is 0 Å². The van der Waals surface area contributed by atoms with Crippen LogP contribution in [0.4, 0.5) is 0 Å². The molecule has 144 valence electrons. The van der Waals surface area contributed by atoms with Gasteiger partial charge in [-0.15, -0.1) is 0 Å². The van der Waals surface area contributed by atoms with Gasteiger partial charge in [0.05, 0.1) is 16.5 Å². The third kappa shape index (κ3) is 5.08. The molecule has 1 amide bonds. The van der Waals surface area contributed by atoms with Gasteiger partial charge in [0.2, 0.25) is 0 Å². The number of pyridine rings is 1. The number of esters is 1. The molecule has 1 aromatic rings. The van der Waals surface area contributed by atoms with Gasteiger partial charge in [0.15, 0.2) is 22.1 Å². The molecule has 2 heterocycles. The van der Waals surface area contributed by atoms with E-state index in [0.29, 0.717) is 12.8 Å². The summed E-state index contributed by atoms with van der Waals surface area (Å²) in [5, 5.41) is 0.137. The molecule has 0 radical (unpaired) electrons. The van der Waals surface area contributed by atoms with Gasteiger partial charge in [0.1, 0.15) is 5.15 Å². The summed E-state index contributed by atoms with van der Waals surface area (Å²) in [5.74, 6) is -1.33. The van der Waals surface area contributed by atoms with Crippen molar-refractivity contribution < 1.29 is 22.7 Å². The number of carbonyl (C=O) groups excluding carboxylic acids is 2. The molecule has 1 fully saturated rings. The van der Waals surface area contributed by atoms with Crippen molar-refractivity contribution in [1.82, 2.24) is 9.88 Å². The van der Waals surface area contributed by atoms with Crippen LogP contribution in [0.1, 0.15) is 37.2 Å². The van der Waals surface area contributed by atoms with Gasteiger partial charge in [-0.3, -0.25) is 4.79 Å². The maximum Gasteiger partial charge on any atom is 0.359 e. The van der Waals surface area contributed by atoms with Crippen LogP contribution in [0.3, 0.4) is 0 Å². The quantitative estimate of drug-likeness (QED) is 0.515. The van der Waals surface area contributed by atoms with Gasteiger partial charge in [-0.05, 0) is 31.9 Å². The van der Waals surface area contributed by atoms with E-state index in [0.717, 1.165) is 0 Å². The number of hydrogen-bond donors (Lipinski definition) is 0. The molecule has 1 saturated heterocycles. The number of amides is 1. The highest BCUT2D eigenvalue weighted by atomic mass is 35.5. The molecule has 0 saturated carbocycles. The summed E-state index contributed by atoms with van der Waals surface area (Å²) in [6.07, 6.45) is 1.03. The first-order valence-electron chi connectivity index (χ1n) is 8.15. The van der Waals surface area contributed by atoms with E-state index in [1.54, 1.807) is 0 Å². The van der Waals surface area contributed by atoms with Crippen molar-refractivity contribution >= 4 is 44.9 Å². The van der Waals surface area contributed by atoms with Crippen LogP contribution >= 0.6 is 23.2 Å². The smallest absolute Gasteiger partial charge is 0.359 e. The van der Waals surface area contributed by atoms with Crippen molar-refractivity contribution in [3.8, 4) is 0 Å². The van der Waals surface area contributed by atoms with E-state index in [-0.39, 0.29) is 33.4 Å². The van der Waals surface area contributed by atoms with Gasteiger partial charge in [0, 0.05) is 12.1 Å². The summed E-state index contributed by atoms with van der Waals surface area (Å²) in [5.41, 5.74) is -0.175. The first kappa shape index (κ1) is 20.9. The fourth-order valence-corrected chi connectivity index (χ4v) is 4.87. The second-order valence-corrected chi connectivity index (χ2v) is 9.18. The molecule has 2 rings (SSSR count). The van der Waals surface area contributed by atoms with Crippen LogP contribution in [-0.4, -0.2) is 60.4 Å². The number of aromatic nitrogens is 1. The molecule has 7 nitrogen and oxygen atoms in total. The predicted octanol–water partition coefficient (Wildman–Crippen LogP) is 2.36. The minimum Gasteiger partial charge on any atom is -0.451 e. The molecule has 0 aromatic carbocycles. The summed E-state index contributed by atoms with van der Waals surface area (Å²) < 4.78 is 28.5. The van der Waals surface area contributed by atoms with Gasteiger partial charge >= 0.3 is 5.97 Å². The Morgan fingerprint density at radius 3 is 2.65 bits per heavy atom. The fourth-order valence-electron chi connectivity index (χ4n) is 2.83. The van der Waals surface area contributed by atoms with Gasteiger partial charge in [0.25, 0.3) is 5.91 Å². The van der Waals surface area contributed by atoms with Crippen LogP contribution in [0.15, 0.2) is 12.1 Å². The van der Waals surface area contributed by atoms with Gasteiger partial charge < -0.3 is 9.64 Å². The molecular formula is C16H20Cl2N2O5S. The Kier molecular flexibility index (Phi) is 6.87. The summed E-state index contributed by atoms with van der Waals surface area (Å²) in [4.78, 5) is 30.0. The lowest BCUT2D eigenvalue weighted by molar-refractivity contribution is -0.138. The Balaban J connectivity index is 2.07. The second kappa shape index (κ2) is 8.54. The number of halogens is 2. The van der Waals surface area contributed by atoms with Crippen molar-refractivity contribution in [2.75, 3.05) is 18.1 Å². The third-order valence-corrected chi connectivity index (χ3v) is 6.55. The molecule has 1 aliphatic heterocycles. The average molecular weight is 423 g/mol. The maximum absolute atomic E-state index is 12.6. The van der Waals surface area contributed by atoms with E-state index in [2.05, 4.69) is 4.98 Å². The monoisotopic (exact) mass is 422 g/mol. The number of rotatable bonds is 6. The Labute approximate surface area is 162 Å². The van der Waals surface area contributed by atoms with Crippen molar-refractivity contribution in [3.05, 3.63) is 28.0 Å². The van der Waals surface area contributed by atoms with E-state index >= 15 is 0 Å². The van der Waals surface area contributed by atoms with Crippen LogP contribution in [0.5, 0.6) is 0 Å². The van der Waals surface area contributed by atoms with Crippen LogP contribution in [-0.2, 0) is 19.4 Å². The van der Waals surface area contributed by atoms with Crippen LogP contribution in [0, 0.1) is 0 Å². The number of sulfone groups is 1. The first-order chi connectivity index (χ1) is 12.1. The summed E-state index contributed by atoms with van der Waals surface area (Å²) >= 11 is 11.6. The zero-order valence-corrected chi connectivity index (χ0v) is 16.8. The number of ether oxygens (including phenoxy) is 1. The normalized spacial score (nSPS) is 19.8. The van der Waals surface area contributed by atoms with E-state index in [9.17, 15) is 18.0 Å². The van der Waals surface area contributed by atoms with Crippen molar-refractivity contribution in [2.24, 2.45) is 0 Å². The van der Waals surface area contributed by atoms with Crippen LogP contribution in [0.2, 0.25) is 10.2 Å². The molecule has 0 aliphatic carbocycles. The number of carbonyl (C=O) groups is 2. The Bertz CT molecular complexity index is 800. The van der Waals surface area contributed by atoms with E-state index in [1.807, 2.05) is 13.8 Å². The summed E-state index contributed by atoms with van der Waals surface area (Å²) in [7, 11) is -3.14. The molecule has 1 aromatic heterocycles. The Morgan fingerprint density at radius 1 is 1.38 bits per heavy atom. The maximum atomic E-state index is 12.6. The number of hydrogen-bond acceptors (Lipinski definition) is 6. The largest absolute Gasteiger partial charge is 0.451 e. The highest BCUT2D eigenvalue weighted by Crippen LogP contribution is 2.22. The Hall–Kier alpha value is -1.38. The molecule has 0 spiro atoms. The molecule has 26 heavy (non-hydrogen) atoms. The lowest BCUT2D eigenvalue weighted by Crippen LogP contribution is -2.48. The topological polar surface area (TPSA) is 93.6 Å². The minimum absolute atomic E-state index is 0.0553. The van der Waals surface area contributed by atoms with Gasteiger partial charge in [-0.1, -0.05) is 30.1 Å². The first-order valence-corrected chi connectivity index (χ1v) is 10.7. The van der Waals surface area contributed by atoms with Gasteiger partial charge in [-0.2, -0.15) is 0 Å². The zero-order valence-electron chi connectivity index (χ0n) is 14.4. The highest BCUT2D eigenvalue weighted by molar-refractivity contribution is 7.91. The lowest BCUT2D eigenvalue weighted by atomic mass is 10.1. The average Bonchev–Trinajstić information content (AvgIpc) is 2.94. The fraction of sp³-hybridized carbons (Fsp3) is 0.562. The highest BCUT2D eigenvalue weighted by Gasteiger charge is 2.36. The van der Waals surface area contributed by atoms with E-state index < -0.39 is 34.4 Å². The molecule has 0 unspecified atom stereocenters. The molecule has 0 N–H and O–H groups in total. The molecule has 2 atom stereocenters. The minimum atomic E-state index is -3.14. The lowest BCUT2D eigenvalue weighted by Gasteiger charge is -2.33. The van der Waals surface area contributed by atoms with Gasteiger partial charge in [-0.25, -0.2) is 18.2 Å².